The van der Waals surface area contributed by atoms with Gasteiger partial charge in [0, 0.05) is 6.20 Å². The molecule has 2 heterocycles. The highest BCUT2D eigenvalue weighted by Gasteiger charge is 2.10. The lowest BCUT2D eigenvalue weighted by Gasteiger charge is -2.08. The second kappa shape index (κ2) is 4.04. The van der Waals surface area contributed by atoms with Crippen molar-refractivity contribution >= 4 is 21.6 Å². The molecule has 0 aliphatic rings. The van der Waals surface area contributed by atoms with Crippen molar-refractivity contribution in [3.05, 3.63) is 28.8 Å². The van der Waals surface area contributed by atoms with Gasteiger partial charge in [-0.2, -0.15) is 0 Å². The number of nitrogens with zero attached hydrogens (tertiary/aromatic N) is 1. The molecule has 0 aromatic carbocycles. The molecule has 1 nitrogen and oxygen atoms in total. The number of fused-ring (bicyclic) bond motifs is 1. The largest absolute Gasteiger partial charge is 0.255 e. The number of thiophene rings is 1. The molecule has 1 unspecified atom stereocenters. The third-order valence-corrected chi connectivity index (χ3v) is 3.83. The first-order valence-corrected chi connectivity index (χ1v) is 5.93. The Morgan fingerprint density at radius 2 is 2.40 bits per heavy atom. The molecular formula is C13H13NS. The summed E-state index contributed by atoms with van der Waals surface area (Å²) in [5.74, 6) is 3.25. The standard InChI is InChI=1S/C13H13NS/c1-4-9(3)11-6-7-14-12-8-10(5-2)15-13(11)12/h2,6-9H,4H2,1,3H3. The highest BCUT2D eigenvalue weighted by atomic mass is 32.1. The van der Waals surface area contributed by atoms with Gasteiger partial charge in [-0.25, -0.2) is 0 Å². The van der Waals surface area contributed by atoms with Gasteiger partial charge in [0.1, 0.15) is 0 Å². The highest BCUT2D eigenvalue weighted by molar-refractivity contribution is 7.19. The van der Waals surface area contributed by atoms with Gasteiger partial charge < -0.3 is 0 Å². The predicted octanol–water partition coefficient (Wildman–Crippen LogP) is 3.79. The SMILES string of the molecule is C#Cc1cc2nccc(C(C)CC)c2s1. The Morgan fingerprint density at radius 3 is 3.07 bits per heavy atom. The monoisotopic (exact) mass is 215 g/mol. The van der Waals surface area contributed by atoms with Crippen molar-refractivity contribution in [3.63, 3.8) is 0 Å². The summed E-state index contributed by atoms with van der Waals surface area (Å²) in [7, 11) is 0. The van der Waals surface area contributed by atoms with Crippen LogP contribution in [0.4, 0.5) is 0 Å². The van der Waals surface area contributed by atoms with Gasteiger partial charge in [0.15, 0.2) is 0 Å². The fourth-order valence-corrected chi connectivity index (χ4v) is 2.69. The second-order valence-electron chi connectivity index (χ2n) is 3.68. The van der Waals surface area contributed by atoms with Gasteiger partial charge in [0.25, 0.3) is 0 Å². The van der Waals surface area contributed by atoms with Crippen LogP contribution in [0.2, 0.25) is 0 Å². The van der Waals surface area contributed by atoms with Gasteiger partial charge in [-0.1, -0.05) is 19.8 Å². The average Bonchev–Trinajstić information content (AvgIpc) is 2.70. The lowest BCUT2D eigenvalue weighted by molar-refractivity contribution is 0.740. The van der Waals surface area contributed by atoms with Crippen LogP contribution >= 0.6 is 11.3 Å². The second-order valence-corrected chi connectivity index (χ2v) is 4.73. The Balaban J connectivity index is 2.65. The van der Waals surface area contributed by atoms with Gasteiger partial charge in [0.2, 0.25) is 0 Å². The van der Waals surface area contributed by atoms with Crippen LogP contribution in [0.25, 0.3) is 10.2 Å². The minimum atomic E-state index is 0.569. The van der Waals surface area contributed by atoms with E-state index in [0.717, 1.165) is 16.8 Å². The molecule has 15 heavy (non-hydrogen) atoms. The van der Waals surface area contributed by atoms with E-state index in [-0.39, 0.29) is 0 Å². The molecule has 0 saturated carbocycles. The first kappa shape index (κ1) is 10.2. The zero-order chi connectivity index (χ0) is 10.8. The average molecular weight is 215 g/mol. The normalized spacial score (nSPS) is 12.6. The maximum atomic E-state index is 5.40. The Morgan fingerprint density at radius 1 is 1.60 bits per heavy atom. The molecule has 0 radical (unpaired) electrons. The minimum Gasteiger partial charge on any atom is -0.255 e. The van der Waals surface area contributed by atoms with Crippen molar-refractivity contribution in [2.75, 3.05) is 0 Å². The zero-order valence-electron chi connectivity index (χ0n) is 8.95. The molecule has 2 rings (SSSR count). The maximum absolute atomic E-state index is 5.40. The minimum absolute atomic E-state index is 0.569. The molecule has 2 aromatic heterocycles. The molecule has 0 aliphatic heterocycles. The van der Waals surface area contributed by atoms with Crippen LogP contribution in [0.15, 0.2) is 18.3 Å². The Bertz CT molecular complexity index is 519. The van der Waals surface area contributed by atoms with Gasteiger partial charge in [-0.3, -0.25) is 4.98 Å². The quantitative estimate of drug-likeness (QED) is 0.694. The van der Waals surface area contributed by atoms with Crippen molar-refractivity contribution in [1.29, 1.82) is 0 Å². The van der Waals surface area contributed by atoms with E-state index >= 15 is 0 Å². The third-order valence-electron chi connectivity index (χ3n) is 2.73. The van der Waals surface area contributed by atoms with Crippen LogP contribution in [0.1, 0.15) is 36.6 Å². The van der Waals surface area contributed by atoms with E-state index in [1.807, 2.05) is 12.3 Å². The molecule has 0 fully saturated rings. The van der Waals surface area contributed by atoms with Gasteiger partial charge in [-0.05, 0) is 30.0 Å². The predicted molar refractivity (Wildman–Crippen MR) is 66.3 cm³/mol. The Kier molecular flexibility index (Phi) is 2.75. The van der Waals surface area contributed by atoms with E-state index in [0.29, 0.717) is 5.92 Å². The number of aromatic nitrogens is 1. The van der Waals surface area contributed by atoms with Crippen LogP contribution < -0.4 is 0 Å². The third kappa shape index (κ3) is 1.75. The van der Waals surface area contributed by atoms with E-state index in [2.05, 4.69) is 30.8 Å². The van der Waals surface area contributed by atoms with Crippen molar-refractivity contribution in [3.8, 4) is 12.3 Å². The summed E-state index contributed by atoms with van der Waals surface area (Å²) in [5.41, 5.74) is 2.40. The van der Waals surface area contributed by atoms with Crippen LogP contribution in [0.5, 0.6) is 0 Å². The Labute approximate surface area is 94.2 Å². The van der Waals surface area contributed by atoms with Gasteiger partial charge in [0.05, 0.1) is 15.1 Å². The molecule has 0 spiro atoms. The highest BCUT2D eigenvalue weighted by Crippen LogP contribution is 2.32. The van der Waals surface area contributed by atoms with Gasteiger partial charge >= 0.3 is 0 Å². The molecule has 0 N–H and O–H groups in total. The van der Waals surface area contributed by atoms with E-state index < -0.39 is 0 Å². The maximum Gasteiger partial charge on any atom is 0.0825 e. The van der Waals surface area contributed by atoms with Crippen molar-refractivity contribution in [2.24, 2.45) is 0 Å². The lowest BCUT2D eigenvalue weighted by atomic mass is 9.99. The fourth-order valence-electron chi connectivity index (χ4n) is 1.64. The van der Waals surface area contributed by atoms with Crippen LogP contribution in [-0.2, 0) is 0 Å². The molecule has 2 aromatic rings. The molecule has 0 bridgehead atoms. The molecule has 0 amide bonds. The van der Waals surface area contributed by atoms with Crippen molar-refractivity contribution < 1.29 is 0 Å². The van der Waals surface area contributed by atoms with Crippen LogP contribution in [-0.4, -0.2) is 4.98 Å². The molecule has 2 heteroatoms. The molecule has 76 valence electrons. The van der Waals surface area contributed by atoms with E-state index in [4.69, 9.17) is 6.42 Å². The van der Waals surface area contributed by atoms with E-state index in [1.165, 1.54) is 10.3 Å². The number of pyridine rings is 1. The Hall–Kier alpha value is -1.33. The smallest absolute Gasteiger partial charge is 0.0825 e. The summed E-state index contributed by atoms with van der Waals surface area (Å²) in [6, 6.07) is 4.10. The molecule has 0 aliphatic carbocycles. The summed E-state index contributed by atoms with van der Waals surface area (Å²) >= 11 is 1.67. The number of hydrogen-bond donors (Lipinski definition) is 0. The molecular weight excluding hydrogens is 202 g/mol. The first-order chi connectivity index (χ1) is 7.26. The summed E-state index contributed by atoms with van der Waals surface area (Å²) in [4.78, 5) is 5.31. The summed E-state index contributed by atoms with van der Waals surface area (Å²) in [6.45, 7) is 4.44. The summed E-state index contributed by atoms with van der Waals surface area (Å²) in [5, 5.41) is 0. The van der Waals surface area contributed by atoms with Crippen molar-refractivity contribution in [1.82, 2.24) is 4.98 Å². The number of rotatable bonds is 2. The van der Waals surface area contributed by atoms with E-state index in [9.17, 15) is 0 Å². The summed E-state index contributed by atoms with van der Waals surface area (Å²) < 4.78 is 1.25. The van der Waals surface area contributed by atoms with Crippen LogP contribution in [0, 0.1) is 12.3 Å². The zero-order valence-corrected chi connectivity index (χ0v) is 9.77. The number of terminal acetylenes is 1. The lowest BCUT2D eigenvalue weighted by Crippen LogP contribution is -1.91. The van der Waals surface area contributed by atoms with E-state index in [1.54, 1.807) is 11.3 Å². The molecule has 0 saturated heterocycles. The first-order valence-electron chi connectivity index (χ1n) is 5.11. The van der Waals surface area contributed by atoms with Gasteiger partial charge in [-0.15, -0.1) is 17.8 Å². The van der Waals surface area contributed by atoms with Crippen LogP contribution in [0.3, 0.4) is 0 Å². The molecule has 1 atom stereocenters. The summed E-state index contributed by atoms with van der Waals surface area (Å²) in [6.07, 6.45) is 8.42. The fraction of sp³-hybridized carbons (Fsp3) is 0.308. The topological polar surface area (TPSA) is 12.9 Å². The number of hydrogen-bond acceptors (Lipinski definition) is 2. The van der Waals surface area contributed by atoms with Crippen molar-refractivity contribution in [2.45, 2.75) is 26.2 Å².